The van der Waals surface area contributed by atoms with E-state index in [1.165, 1.54) is 16.4 Å². The maximum Gasteiger partial charge on any atom is 0.264 e. The molecule has 2 heterocycles. The number of nitrogens with two attached hydrogens (primary N) is 1. The highest BCUT2D eigenvalue weighted by Crippen LogP contribution is 2.18. The zero-order valence-electron chi connectivity index (χ0n) is 15.5. The zero-order valence-corrected chi connectivity index (χ0v) is 16.3. The molecule has 0 saturated carbocycles. The summed E-state index contributed by atoms with van der Waals surface area (Å²) in [7, 11) is 0. The van der Waals surface area contributed by atoms with Crippen LogP contribution in [0.15, 0.2) is 58.9 Å². The van der Waals surface area contributed by atoms with Gasteiger partial charge in [-0.15, -0.1) is 10.2 Å². The Labute approximate surface area is 166 Å². The van der Waals surface area contributed by atoms with Gasteiger partial charge in [0.25, 0.3) is 5.95 Å². The van der Waals surface area contributed by atoms with Gasteiger partial charge in [0.05, 0.1) is 17.2 Å². The lowest BCUT2D eigenvalue weighted by molar-refractivity contribution is -0.113. The van der Waals surface area contributed by atoms with Crippen LogP contribution in [0.4, 0.5) is 11.6 Å². The van der Waals surface area contributed by atoms with Crippen LogP contribution in [0, 0.1) is 6.92 Å². The van der Waals surface area contributed by atoms with Crippen molar-refractivity contribution >= 4 is 35.0 Å². The quantitative estimate of drug-likeness (QED) is 0.242. The summed E-state index contributed by atoms with van der Waals surface area (Å²) in [6, 6.07) is 13.1. The molecule has 0 saturated heterocycles. The van der Waals surface area contributed by atoms with Crippen molar-refractivity contribution in [2.45, 2.75) is 19.0 Å². The molecule has 28 heavy (non-hydrogen) atoms. The van der Waals surface area contributed by atoms with Gasteiger partial charge in [-0.05, 0) is 37.6 Å². The number of aryl methyl sites for hydroxylation is 1. The summed E-state index contributed by atoms with van der Waals surface area (Å²) >= 11 is 1.18. The van der Waals surface area contributed by atoms with E-state index in [4.69, 9.17) is 5.84 Å². The molecule has 0 aliphatic heterocycles. The Hall–Kier alpha value is -3.40. The number of rotatable bonds is 7. The van der Waals surface area contributed by atoms with Crippen LogP contribution < -0.4 is 16.6 Å². The van der Waals surface area contributed by atoms with Crippen LogP contribution >= 0.6 is 11.8 Å². The number of benzene rings is 1. The molecular weight excluding hydrogens is 376 g/mol. The number of amides is 1. The summed E-state index contributed by atoms with van der Waals surface area (Å²) in [6.07, 6.45) is 1.69. The van der Waals surface area contributed by atoms with Crippen molar-refractivity contribution in [3.8, 4) is 0 Å². The van der Waals surface area contributed by atoms with Crippen molar-refractivity contribution in [2.75, 3.05) is 22.3 Å². The Morgan fingerprint density at radius 3 is 2.75 bits per heavy atom. The minimum Gasteiger partial charge on any atom is -0.334 e. The normalized spacial score (nSPS) is 11.3. The molecule has 0 unspecified atom stereocenters. The van der Waals surface area contributed by atoms with Gasteiger partial charge in [-0.1, -0.05) is 36.0 Å². The Balaban J connectivity index is 1.57. The highest BCUT2D eigenvalue weighted by molar-refractivity contribution is 7.99. The third-order valence-corrected chi connectivity index (χ3v) is 4.72. The van der Waals surface area contributed by atoms with Gasteiger partial charge in [-0.2, -0.15) is 5.10 Å². The average Bonchev–Trinajstić information content (AvgIpc) is 3.06. The molecule has 0 aliphatic rings. The van der Waals surface area contributed by atoms with Crippen LogP contribution in [0.1, 0.15) is 18.2 Å². The number of hydrogen-bond acceptors (Lipinski definition) is 8. The highest BCUT2D eigenvalue weighted by atomic mass is 32.2. The number of pyridine rings is 1. The first kappa shape index (κ1) is 19.4. The van der Waals surface area contributed by atoms with E-state index >= 15 is 0 Å². The monoisotopic (exact) mass is 396 g/mol. The van der Waals surface area contributed by atoms with Crippen LogP contribution in [0.5, 0.6) is 0 Å². The molecule has 0 bridgehead atoms. The fourth-order valence-electron chi connectivity index (χ4n) is 2.25. The van der Waals surface area contributed by atoms with Gasteiger partial charge in [-0.3, -0.25) is 9.78 Å². The van der Waals surface area contributed by atoms with Crippen LogP contribution in [-0.2, 0) is 4.79 Å². The first-order chi connectivity index (χ1) is 13.5. The molecule has 1 amide bonds. The fourth-order valence-corrected chi connectivity index (χ4v) is 2.91. The third-order valence-electron chi connectivity index (χ3n) is 3.78. The third kappa shape index (κ3) is 4.86. The minimum absolute atomic E-state index is 0.152. The number of aromatic nitrogens is 4. The predicted molar refractivity (Wildman–Crippen MR) is 111 cm³/mol. The molecule has 0 spiro atoms. The number of hydrogen-bond donors (Lipinski definition) is 3. The molecule has 144 valence electrons. The maximum atomic E-state index is 12.2. The van der Waals surface area contributed by atoms with E-state index in [1.54, 1.807) is 6.20 Å². The molecule has 1 aromatic carbocycles. The van der Waals surface area contributed by atoms with Crippen LogP contribution in [0.3, 0.4) is 0 Å². The first-order valence-corrected chi connectivity index (χ1v) is 9.43. The van der Waals surface area contributed by atoms with Gasteiger partial charge >= 0.3 is 0 Å². The van der Waals surface area contributed by atoms with Gasteiger partial charge in [-0.25, -0.2) is 10.1 Å². The molecular formula is C18H20N8OS. The second-order valence-electron chi connectivity index (χ2n) is 5.85. The number of nitrogens with zero attached hydrogens (tertiary/aromatic N) is 5. The molecule has 0 fully saturated rings. The molecule has 0 radical (unpaired) electrons. The second-order valence-corrected chi connectivity index (χ2v) is 6.79. The lowest BCUT2D eigenvalue weighted by Crippen LogP contribution is -2.17. The number of carbonyl (C=O) groups excluding carboxylic acids is 1. The summed E-state index contributed by atoms with van der Waals surface area (Å²) in [6.45, 7) is 3.75. The second kappa shape index (κ2) is 9.00. The van der Waals surface area contributed by atoms with Crippen molar-refractivity contribution in [1.82, 2.24) is 19.9 Å². The smallest absolute Gasteiger partial charge is 0.264 e. The van der Waals surface area contributed by atoms with Gasteiger partial charge < -0.3 is 11.2 Å². The number of thioether (sulfide) groups is 1. The minimum atomic E-state index is -0.152. The van der Waals surface area contributed by atoms with E-state index < -0.39 is 0 Å². The molecule has 10 heteroatoms. The van der Waals surface area contributed by atoms with Crippen molar-refractivity contribution in [3.63, 3.8) is 0 Å². The van der Waals surface area contributed by atoms with Crippen molar-refractivity contribution < 1.29 is 4.79 Å². The number of nitrogens with one attached hydrogen (secondary N) is 2. The molecule has 3 aromatic rings. The number of anilines is 2. The van der Waals surface area contributed by atoms with Crippen LogP contribution in [0.25, 0.3) is 0 Å². The fraction of sp³-hybridized carbons (Fsp3) is 0.167. The van der Waals surface area contributed by atoms with Crippen LogP contribution in [0.2, 0.25) is 0 Å². The molecule has 3 rings (SSSR count). The average molecular weight is 396 g/mol. The summed E-state index contributed by atoms with van der Waals surface area (Å²) in [4.78, 5) is 16.4. The highest BCUT2D eigenvalue weighted by Gasteiger charge is 2.13. The van der Waals surface area contributed by atoms with E-state index in [2.05, 4.69) is 31.0 Å². The van der Waals surface area contributed by atoms with Gasteiger partial charge in [0.1, 0.15) is 0 Å². The molecule has 0 atom stereocenters. The van der Waals surface area contributed by atoms with Gasteiger partial charge in [0.15, 0.2) is 0 Å². The SMILES string of the molecule is C/C(=N\Nc1nnc(SCC(=O)Nc2ccccc2C)n1N)c1ccccn1. The summed E-state index contributed by atoms with van der Waals surface area (Å²) < 4.78 is 1.25. The zero-order chi connectivity index (χ0) is 19.9. The molecule has 4 N–H and O–H groups in total. The topological polar surface area (TPSA) is 123 Å². The van der Waals surface area contributed by atoms with Gasteiger partial charge in [0.2, 0.25) is 11.1 Å². The van der Waals surface area contributed by atoms with Crippen LogP contribution in [-0.4, -0.2) is 37.2 Å². The lowest BCUT2D eigenvalue weighted by atomic mass is 10.2. The Morgan fingerprint density at radius 2 is 2.00 bits per heavy atom. The number of nitrogen functional groups attached to an aromatic ring is 1. The van der Waals surface area contributed by atoms with E-state index in [0.29, 0.717) is 10.9 Å². The predicted octanol–water partition coefficient (Wildman–Crippen LogP) is 2.26. The Kier molecular flexibility index (Phi) is 6.22. The first-order valence-electron chi connectivity index (χ1n) is 8.45. The van der Waals surface area contributed by atoms with E-state index in [-0.39, 0.29) is 17.6 Å². The van der Waals surface area contributed by atoms with E-state index in [0.717, 1.165) is 16.9 Å². The van der Waals surface area contributed by atoms with Crippen molar-refractivity contribution in [2.24, 2.45) is 5.10 Å². The molecule has 0 aliphatic carbocycles. The van der Waals surface area contributed by atoms with E-state index in [1.807, 2.05) is 56.3 Å². The summed E-state index contributed by atoms with van der Waals surface area (Å²) in [5.74, 6) is 6.24. The lowest BCUT2D eigenvalue weighted by Gasteiger charge is -2.07. The molecule has 9 nitrogen and oxygen atoms in total. The van der Waals surface area contributed by atoms with Crippen molar-refractivity contribution in [3.05, 3.63) is 59.9 Å². The Bertz CT molecular complexity index is 986. The summed E-state index contributed by atoms with van der Waals surface area (Å²) in [5.41, 5.74) is 5.96. The van der Waals surface area contributed by atoms with Crippen molar-refractivity contribution in [1.29, 1.82) is 0 Å². The number of carbonyl (C=O) groups is 1. The number of para-hydroxylation sites is 1. The summed E-state index contributed by atoms with van der Waals surface area (Å²) in [5, 5.41) is 15.4. The number of hydrazone groups is 1. The molecule has 2 aromatic heterocycles. The largest absolute Gasteiger partial charge is 0.334 e. The Morgan fingerprint density at radius 1 is 1.21 bits per heavy atom. The maximum absolute atomic E-state index is 12.2. The standard InChI is InChI=1S/C18H20N8OS/c1-12-7-3-4-8-14(12)21-16(27)11-28-18-25-24-17(26(18)19)23-22-13(2)15-9-5-6-10-20-15/h3-10H,11,19H2,1-2H3,(H,21,27)(H,23,24)/b22-13+. The van der Waals surface area contributed by atoms with Gasteiger partial charge in [0, 0.05) is 11.9 Å². The van der Waals surface area contributed by atoms with E-state index in [9.17, 15) is 4.79 Å².